The number of nitrogens with zero attached hydrogens (tertiary/aromatic N) is 1. The molecule has 26 heavy (non-hydrogen) atoms. The van der Waals surface area contributed by atoms with Gasteiger partial charge in [-0.15, -0.1) is 0 Å². The van der Waals surface area contributed by atoms with E-state index < -0.39 is 15.9 Å². The van der Waals surface area contributed by atoms with Gasteiger partial charge in [0.05, 0.1) is 34.9 Å². The fourth-order valence-corrected chi connectivity index (χ4v) is 3.88. The molecule has 0 unspecified atom stereocenters. The van der Waals surface area contributed by atoms with Crippen LogP contribution in [0, 0.1) is 0 Å². The van der Waals surface area contributed by atoms with Crippen molar-refractivity contribution in [3.63, 3.8) is 0 Å². The Labute approximate surface area is 153 Å². The van der Waals surface area contributed by atoms with Crippen LogP contribution >= 0.6 is 11.3 Å². The van der Waals surface area contributed by atoms with Gasteiger partial charge in [-0.3, -0.25) is 10.1 Å². The molecular formula is C16H15N3O5S2. The molecule has 0 aliphatic heterocycles. The smallest absolute Gasteiger partial charge is 0.261 e. The van der Waals surface area contributed by atoms with Crippen molar-refractivity contribution in [2.75, 3.05) is 19.5 Å². The fourth-order valence-electron chi connectivity index (χ4n) is 2.37. The van der Waals surface area contributed by atoms with Crippen molar-refractivity contribution in [2.45, 2.75) is 4.90 Å². The topological polar surface area (TPSA) is 121 Å². The Kier molecular flexibility index (Phi) is 4.81. The highest BCUT2D eigenvalue weighted by molar-refractivity contribution is 7.89. The average molecular weight is 393 g/mol. The Morgan fingerprint density at radius 2 is 1.96 bits per heavy atom. The maximum absolute atomic E-state index is 12.6. The quantitative estimate of drug-likeness (QED) is 0.686. The van der Waals surface area contributed by atoms with Crippen molar-refractivity contribution in [1.29, 1.82) is 0 Å². The van der Waals surface area contributed by atoms with E-state index in [2.05, 4.69) is 10.3 Å². The maximum atomic E-state index is 12.6. The molecule has 2 aromatic carbocycles. The molecule has 10 heteroatoms. The van der Waals surface area contributed by atoms with Gasteiger partial charge in [0.25, 0.3) is 5.91 Å². The minimum atomic E-state index is -3.81. The van der Waals surface area contributed by atoms with Gasteiger partial charge in [-0.2, -0.15) is 0 Å². The van der Waals surface area contributed by atoms with Crippen LogP contribution in [0.25, 0.3) is 10.2 Å². The van der Waals surface area contributed by atoms with E-state index in [1.165, 1.54) is 32.4 Å². The van der Waals surface area contributed by atoms with Crippen LogP contribution in [0.5, 0.6) is 11.5 Å². The van der Waals surface area contributed by atoms with Gasteiger partial charge in [0.15, 0.2) is 16.6 Å². The van der Waals surface area contributed by atoms with Crippen LogP contribution in [0.3, 0.4) is 0 Å². The molecule has 0 saturated carbocycles. The molecule has 0 spiro atoms. The molecule has 0 fully saturated rings. The van der Waals surface area contributed by atoms with Crippen molar-refractivity contribution in [1.82, 2.24) is 4.98 Å². The number of carbonyl (C=O) groups excluding carboxylic acids is 1. The maximum Gasteiger partial charge on any atom is 0.261 e. The third-order valence-electron chi connectivity index (χ3n) is 3.56. The number of para-hydroxylation sites is 1. The standard InChI is InChI=1S/C16H15N3O5S2/c1-23-12-5-3-4-10(14(12)24-2)15(20)19-16-18-11-7-6-9(26(17,21)22)8-13(11)25-16/h3-8H,1-2H3,(H2,17,21,22)(H,18,19,20). The number of amides is 1. The summed E-state index contributed by atoms with van der Waals surface area (Å²) < 4.78 is 33.9. The number of carbonyl (C=O) groups is 1. The zero-order valence-corrected chi connectivity index (χ0v) is 15.5. The summed E-state index contributed by atoms with van der Waals surface area (Å²) in [5.41, 5.74) is 0.839. The summed E-state index contributed by atoms with van der Waals surface area (Å²) in [6, 6.07) is 9.28. The molecule has 0 radical (unpaired) electrons. The van der Waals surface area contributed by atoms with Gasteiger partial charge in [-0.05, 0) is 30.3 Å². The molecule has 3 aromatic rings. The molecule has 136 valence electrons. The predicted molar refractivity (Wildman–Crippen MR) is 98.5 cm³/mol. The number of aromatic nitrogens is 1. The summed E-state index contributed by atoms with van der Waals surface area (Å²) in [5, 5.41) is 8.14. The number of methoxy groups -OCH3 is 2. The summed E-state index contributed by atoms with van der Waals surface area (Å²) in [5.74, 6) is 0.318. The largest absolute Gasteiger partial charge is 0.493 e. The van der Waals surface area contributed by atoms with Crippen molar-refractivity contribution in [3.05, 3.63) is 42.0 Å². The van der Waals surface area contributed by atoms with Crippen molar-refractivity contribution >= 4 is 42.6 Å². The number of primary sulfonamides is 1. The lowest BCUT2D eigenvalue weighted by Gasteiger charge is -2.11. The van der Waals surface area contributed by atoms with Crippen LogP contribution in [-0.2, 0) is 10.0 Å². The first kappa shape index (κ1) is 18.1. The lowest BCUT2D eigenvalue weighted by Crippen LogP contribution is -2.13. The van der Waals surface area contributed by atoms with Gasteiger partial charge in [0.2, 0.25) is 10.0 Å². The molecule has 0 atom stereocenters. The third kappa shape index (κ3) is 3.47. The second-order valence-corrected chi connectivity index (χ2v) is 7.78. The van der Waals surface area contributed by atoms with Crippen molar-refractivity contribution < 1.29 is 22.7 Å². The Morgan fingerprint density at radius 3 is 2.62 bits per heavy atom. The average Bonchev–Trinajstić information content (AvgIpc) is 3.01. The Bertz CT molecular complexity index is 1090. The second-order valence-electron chi connectivity index (χ2n) is 5.19. The number of fused-ring (bicyclic) bond motifs is 1. The zero-order valence-electron chi connectivity index (χ0n) is 13.8. The molecule has 0 saturated heterocycles. The fraction of sp³-hybridized carbons (Fsp3) is 0.125. The van der Waals surface area contributed by atoms with E-state index in [1.807, 2.05) is 0 Å². The molecule has 3 N–H and O–H groups in total. The normalized spacial score (nSPS) is 11.3. The number of thiazole rings is 1. The van der Waals surface area contributed by atoms with Crippen molar-refractivity contribution in [2.24, 2.45) is 5.14 Å². The molecule has 1 heterocycles. The van der Waals surface area contributed by atoms with Gasteiger partial charge in [0.1, 0.15) is 0 Å². The highest BCUT2D eigenvalue weighted by Crippen LogP contribution is 2.32. The summed E-state index contributed by atoms with van der Waals surface area (Å²) >= 11 is 1.14. The second kappa shape index (κ2) is 6.90. The van der Waals surface area contributed by atoms with Gasteiger partial charge in [-0.1, -0.05) is 17.4 Å². The van der Waals surface area contributed by atoms with Crippen LogP contribution in [0.4, 0.5) is 5.13 Å². The molecular weight excluding hydrogens is 378 g/mol. The Hall–Kier alpha value is -2.69. The van der Waals surface area contributed by atoms with Crippen molar-refractivity contribution in [3.8, 4) is 11.5 Å². The minimum Gasteiger partial charge on any atom is -0.493 e. The van der Waals surface area contributed by atoms with Crippen LogP contribution in [0.2, 0.25) is 0 Å². The third-order valence-corrected chi connectivity index (χ3v) is 5.40. The first-order chi connectivity index (χ1) is 12.3. The Balaban J connectivity index is 1.93. The number of nitrogens with one attached hydrogen (secondary N) is 1. The number of anilines is 1. The molecule has 0 aliphatic rings. The predicted octanol–water partition coefficient (Wildman–Crippen LogP) is 2.21. The summed E-state index contributed by atoms with van der Waals surface area (Å²) in [4.78, 5) is 16.8. The van der Waals surface area contributed by atoms with Gasteiger partial charge in [0, 0.05) is 0 Å². The lowest BCUT2D eigenvalue weighted by atomic mass is 10.1. The molecule has 0 bridgehead atoms. The minimum absolute atomic E-state index is 0.0130. The highest BCUT2D eigenvalue weighted by atomic mass is 32.2. The molecule has 3 rings (SSSR count). The van der Waals surface area contributed by atoms with E-state index in [9.17, 15) is 13.2 Å². The number of ether oxygens (including phenoxy) is 2. The number of rotatable bonds is 5. The summed E-state index contributed by atoms with van der Waals surface area (Å²) in [6.45, 7) is 0. The number of sulfonamides is 1. The van der Waals surface area contributed by atoms with E-state index in [1.54, 1.807) is 18.2 Å². The first-order valence-corrected chi connectivity index (χ1v) is 9.65. The van der Waals surface area contributed by atoms with Gasteiger partial charge >= 0.3 is 0 Å². The summed E-state index contributed by atoms with van der Waals surface area (Å²) in [7, 11) is -0.879. The highest BCUT2D eigenvalue weighted by Gasteiger charge is 2.18. The Morgan fingerprint density at radius 1 is 1.19 bits per heavy atom. The monoisotopic (exact) mass is 393 g/mol. The summed E-state index contributed by atoms with van der Waals surface area (Å²) in [6.07, 6.45) is 0. The van der Waals surface area contributed by atoms with E-state index in [-0.39, 0.29) is 10.5 Å². The molecule has 1 amide bonds. The molecule has 8 nitrogen and oxygen atoms in total. The number of benzene rings is 2. The van der Waals surface area contributed by atoms with Crippen LogP contribution in [0.1, 0.15) is 10.4 Å². The molecule has 1 aromatic heterocycles. The van der Waals surface area contributed by atoms with Gasteiger partial charge < -0.3 is 9.47 Å². The van der Waals surface area contributed by atoms with E-state index in [4.69, 9.17) is 14.6 Å². The number of hydrogen-bond donors (Lipinski definition) is 2. The van der Waals surface area contributed by atoms with Crippen LogP contribution < -0.4 is 19.9 Å². The van der Waals surface area contributed by atoms with E-state index in [0.29, 0.717) is 26.8 Å². The number of hydrogen-bond acceptors (Lipinski definition) is 7. The van der Waals surface area contributed by atoms with Crippen LogP contribution in [0.15, 0.2) is 41.3 Å². The SMILES string of the molecule is COc1cccc(C(=O)Nc2nc3ccc(S(N)(=O)=O)cc3s2)c1OC. The number of nitrogens with two attached hydrogens (primary N) is 1. The lowest BCUT2D eigenvalue weighted by molar-refractivity contribution is 0.102. The van der Waals surface area contributed by atoms with Crippen LogP contribution in [-0.4, -0.2) is 33.5 Å². The van der Waals surface area contributed by atoms with Gasteiger partial charge in [-0.25, -0.2) is 18.5 Å². The zero-order chi connectivity index (χ0) is 18.9. The first-order valence-electron chi connectivity index (χ1n) is 7.29. The van der Waals surface area contributed by atoms with E-state index >= 15 is 0 Å². The van der Waals surface area contributed by atoms with E-state index in [0.717, 1.165) is 11.3 Å². The molecule has 0 aliphatic carbocycles.